The summed E-state index contributed by atoms with van der Waals surface area (Å²) in [4.78, 5) is 24.2. The molecule has 0 atom stereocenters. The highest BCUT2D eigenvalue weighted by atomic mass is 79.9. The minimum atomic E-state index is -0.331. The van der Waals surface area contributed by atoms with Gasteiger partial charge < -0.3 is 4.74 Å². The van der Waals surface area contributed by atoms with Gasteiger partial charge in [-0.05, 0) is 42.0 Å². The fourth-order valence-electron chi connectivity index (χ4n) is 2.19. The molecule has 0 spiro atoms. The van der Waals surface area contributed by atoms with Crippen LogP contribution < -0.4 is 15.5 Å². The number of benzene rings is 2. The number of carbonyl (C=O) groups is 2. The number of ether oxygens (including phenoxy) is 1. The van der Waals surface area contributed by atoms with E-state index in [1.165, 1.54) is 0 Å². The Labute approximate surface area is 179 Å². The summed E-state index contributed by atoms with van der Waals surface area (Å²) >= 11 is 4.48. The quantitative estimate of drug-likeness (QED) is 0.404. The zero-order chi connectivity index (χ0) is 20.6. The molecule has 0 fully saturated rings. The van der Waals surface area contributed by atoms with Crippen LogP contribution in [0.5, 0.6) is 5.75 Å². The normalized spacial score (nSPS) is 10.7. The number of nitrogens with zero attached hydrogens (tertiary/aromatic N) is 3. The van der Waals surface area contributed by atoms with E-state index in [-0.39, 0.29) is 18.2 Å². The molecule has 2 amide bonds. The van der Waals surface area contributed by atoms with Crippen molar-refractivity contribution in [2.24, 2.45) is 5.10 Å². The third-order valence-electron chi connectivity index (χ3n) is 3.62. The second-order valence-corrected chi connectivity index (χ2v) is 7.68. The first-order valence-corrected chi connectivity index (χ1v) is 9.99. The standard InChI is InChI=1S/C19H16BrN5O3S/c1-28-15-8-4-13(5-9-15)18(27)22-19-25-24-17(29-19)10-16(26)23-21-11-12-2-6-14(20)7-3-12/h2-9,11H,10H2,1H3,(H,23,26)(H,22,25,27)/b21-11-. The average molecular weight is 474 g/mol. The van der Waals surface area contributed by atoms with Gasteiger partial charge in [0, 0.05) is 10.0 Å². The highest BCUT2D eigenvalue weighted by Crippen LogP contribution is 2.18. The van der Waals surface area contributed by atoms with Gasteiger partial charge in [-0.1, -0.05) is 39.4 Å². The fourth-order valence-corrected chi connectivity index (χ4v) is 3.19. The van der Waals surface area contributed by atoms with Crippen molar-refractivity contribution in [1.82, 2.24) is 15.6 Å². The van der Waals surface area contributed by atoms with E-state index in [0.717, 1.165) is 21.4 Å². The Hall–Kier alpha value is -3.11. The number of anilines is 1. The number of aromatic nitrogens is 2. The molecule has 2 aromatic carbocycles. The van der Waals surface area contributed by atoms with E-state index < -0.39 is 0 Å². The van der Waals surface area contributed by atoms with Gasteiger partial charge in [-0.2, -0.15) is 5.10 Å². The fraction of sp³-hybridized carbons (Fsp3) is 0.105. The first kappa shape index (κ1) is 20.6. The van der Waals surface area contributed by atoms with Crippen molar-refractivity contribution in [3.8, 4) is 5.75 Å². The Balaban J connectivity index is 1.50. The zero-order valence-corrected chi connectivity index (χ0v) is 17.7. The van der Waals surface area contributed by atoms with Gasteiger partial charge in [-0.25, -0.2) is 5.43 Å². The van der Waals surface area contributed by atoms with Gasteiger partial charge in [-0.3, -0.25) is 14.9 Å². The van der Waals surface area contributed by atoms with E-state index in [9.17, 15) is 9.59 Å². The SMILES string of the molecule is COc1ccc(C(=O)Nc2nnc(CC(=O)N/N=C\c3ccc(Br)cc3)s2)cc1. The summed E-state index contributed by atoms with van der Waals surface area (Å²) in [5.74, 6) is 0.00926. The molecule has 3 aromatic rings. The van der Waals surface area contributed by atoms with Crippen LogP contribution in [-0.2, 0) is 11.2 Å². The molecule has 1 aromatic heterocycles. The number of hydrazone groups is 1. The van der Waals surface area contributed by atoms with Crippen molar-refractivity contribution >= 4 is 50.4 Å². The number of hydrogen-bond acceptors (Lipinski definition) is 7. The van der Waals surface area contributed by atoms with Gasteiger partial charge >= 0.3 is 0 Å². The first-order valence-electron chi connectivity index (χ1n) is 8.39. The maximum absolute atomic E-state index is 12.2. The Morgan fingerprint density at radius 2 is 1.86 bits per heavy atom. The van der Waals surface area contributed by atoms with Crippen LogP contribution in [0.15, 0.2) is 58.1 Å². The van der Waals surface area contributed by atoms with Crippen LogP contribution in [0.1, 0.15) is 20.9 Å². The third kappa shape index (κ3) is 6.19. The lowest BCUT2D eigenvalue weighted by Gasteiger charge is -2.02. The van der Waals surface area contributed by atoms with E-state index >= 15 is 0 Å². The highest BCUT2D eigenvalue weighted by molar-refractivity contribution is 9.10. The van der Waals surface area contributed by atoms with E-state index in [1.807, 2.05) is 24.3 Å². The summed E-state index contributed by atoms with van der Waals surface area (Å²) in [6, 6.07) is 14.2. The maximum atomic E-state index is 12.2. The number of carbonyl (C=O) groups excluding carboxylic acids is 2. The summed E-state index contributed by atoms with van der Waals surface area (Å²) in [6.45, 7) is 0. The zero-order valence-electron chi connectivity index (χ0n) is 15.3. The lowest BCUT2D eigenvalue weighted by atomic mass is 10.2. The Morgan fingerprint density at radius 1 is 1.14 bits per heavy atom. The second kappa shape index (κ2) is 9.89. The molecule has 0 aliphatic heterocycles. The number of amides is 2. The first-order chi connectivity index (χ1) is 14.0. The number of methoxy groups -OCH3 is 1. The molecule has 3 rings (SSSR count). The smallest absolute Gasteiger partial charge is 0.257 e. The molecule has 0 bridgehead atoms. The van der Waals surface area contributed by atoms with Crippen molar-refractivity contribution < 1.29 is 14.3 Å². The molecule has 0 unspecified atom stereocenters. The molecule has 0 aliphatic carbocycles. The molecular weight excluding hydrogens is 458 g/mol. The summed E-state index contributed by atoms with van der Waals surface area (Å²) in [5.41, 5.74) is 3.75. The molecule has 0 aliphatic rings. The molecule has 0 radical (unpaired) electrons. The molecule has 148 valence electrons. The van der Waals surface area contributed by atoms with E-state index in [0.29, 0.717) is 21.5 Å². The average Bonchev–Trinajstić information content (AvgIpc) is 3.16. The second-order valence-electron chi connectivity index (χ2n) is 5.71. The number of halogens is 1. The van der Waals surface area contributed by atoms with Crippen LogP contribution >= 0.6 is 27.3 Å². The maximum Gasteiger partial charge on any atom is 0.257 e. The monoisotopic (exact) mass is 473 g/mol. The van der Waals surface area contributed by atoms with Gasteiger partial charge in [0.25, 0.3) is 5.91 Å². The molecular formula is C19H16BrN5O3S. The predicted molar refractivity (Wildman–Crippen MR) is 114 cm³/mol. The molecule has 29 heavy (non-hydrogen) atoms. The lowest BCUT2D eigenvalue weighted by Crippen LogP contribution is -2.19. The third-order valence-corrected chi connectivity index (χ3v) is 4.99. The van der Waals surface area contributed by atoms with Crippen LogP contribution in [0.25, 0.3) is 0 Å². The van der Waals surface area contributed by atoms with Gasteiger partial charge in [0.15, 0.2) is 0 Å². The van der Waals surface area contributed by atoms with Crippen LogP contribution in [0.2, 0.25) is 0 Å². The Morgan fingerprint density at radius 3 is 2.55 bits per heavy atom. The van der Waals surface area contributed by atoms with Crippen molar-refractivity contribution in [3.05, 3.63) is 69.1 Å². The molecule has 1 heterocycles. The number of hydrogen-bond donors (Lipinski definition) is 2. The van der Waals surface area contributed by atoms with Crippen LogP contribution in [-0.4, -0.2) is 35.3 Å². The molecule has 8 nitrogen and oxygen atoms in total. The minimum Gasteiger partial charge on any atom is -0.497 e. The number of rotatable bonds is 7. The summed E-state index contributed by atoms with van der Waals surface area (Å²) < 4.78 is 6.03. The molecule has 2 N–H and O–H groups in total. The van der Waals surface area contributed by atoms with Gasteiger partial charge in [-0.15, -0.1) is 10.2 Å². The van der Waals surface area contributed by atoms with Crippen molar-refractivity contribution in [2.45, 2.75) is 6.42 Å². The van der Waals surface area contributed by atoms with Crippen LogP contribution in [0.4, 0.5) is 5.13 Å². The van der Waals surface area contributed by atoms with E-state index in [4.69, 9.17) is 4.74 Å². The van der Waals surface area contributed by atoms with Gasteiger partial charge in [0.1, 0.15) is 10.8 Å². The summed E-state index contributed by atoms with van der Waals surface area (Å²) in [7, 11) is 1.56. The van der Waals surface area contributed by atoms with Crippen LogP contribution in [0.3, 0.4) is 0 Å². The Bertz CT molecular complexity index is 1020. The summed E-state index contributed by atoms with van der Waals surface area (Å²) in [5, 5.41) is 15.2. The van der Waals surface area contributed by atoms with Crippen molar-refractivity contribution in [2.75, 3.05) is 12.4 Å². The van der Waals surface area contributed by atoms with Gasteiger partial charge in [0.2, 0.25) is 11.0 Å². The van der Waals surface area contributed by atoms with Gasteiger partial charge in [0.05, 0.1) is 19.7 Å². The molecule has 0 saturated heterocycles. The predicted octanol–water partition coefficient (Wildman–Crippen LogP) is 3.25. The highest BCUT2D eigenvalue weighted by Gasteiger charge is 2.12. The lowest BCUT2D eigenvalue weighted by molar-refractivity contribution is -0.120. The Kier molecular flexibility index (Phi) is 7.04. The molecule has 10 heteroatoms. The molecule has 0 saturated carbocycles. The van der Waals surface area contributed by atoms with Crippen LogP contribution in [0, 0.1) is 0 Å². The largest absolute Gasteiger partial charge is 0.497 e. The topological polar surface area (TPSA) is 106 Å². The van der Waals surface area contributed by atoms with Crippen molar-refractivity contribution in [3.63, 3.8) is 0 Å². The number of nitrogens with one attached hydrogen (secondary N) is 2. The van der Waals surface area contributed by atoms with E-state index in [2.05, 4.69) is 42.0 Å². The van der Waals surface area contributed by atoms with E-state index in [1.54, 1.807) is 37.6 Å². The summed E-state index contributed by atoms with van der Waals surface area (Å²) in [6.07, 6.45) is 1.55. The van der Waals surface area contributed by atoms with Crippen molar-refractivity contribution in [1.29, 1.82) is 0 Å². The minimum absolute atomic E-state index is 0.00769.